The Hall–Kier alpha value is -1.77. The molecule has 0 aromatic heterocycles. The van der Waals surface area contributed by atoms with Crippen molar-refractivity contribution in [3.8, 4) is 17.6 Å². The summed E-state index contributed by atoms with van der Waals surface area (Å²) in [5.74, 6) is 6.81. The molecule has 1 unspecified atom stereocenters. The van der Waals surface area contributed by atoms with Crippen molar-refractivity contribution in [2.45, 2.75) is 18.9 Å². The third-order valence-electron chi connectivity index (χ3n) is 2.56. The minimum Gasteiger partial charge on any atom is -0.454 e. The molecule has 0 saturated heterocycles. The van der Waals surface area contributed by atoms with Crippen molar-refractivity contribution in [2.75, 3.05) is 6.79 Å². The van der Waals surface area contributed by atoms with Crippen molar-refractivity contribution in [3.63, 3.8) is 0 Å². The zero-order valence-corrected chi connectivity index (χ0v) is 8.99. The number of ether oxygens (including phenoxy) is 2. The number of hydrogen-bond acceptors (Lipinski definition) is 5. The van der Waals surface area contributed by atoms with E-state index in [0.29, 0.717) is 6.42 Å². The maximum absolute atomic E-state index is 8.99. The van der Waals surface area contributed by atoms with Crippen LogP contribution >= 0.6 is 0 Å². The summed E-state index contributed by atoms with van der Waals surface area (Å²) < 4.78 is 10.5. The van der Waals surface area contributed by atoms with Crippen LogP contribution in [0.1, 0.15) is 12.5 Å². The minimum absolute atomic E-state index is 0.253. The Balaban J connectivity index is 2.20. The van der Waals surface area contributed by atoms with E-state index in [-0.39, 0.29) is 6.79 Å². The van der Waals surface area contributed by atoms with Gasteiger partial charge in [0, 0.05) is 6.42 Å². The minimum atomic E-state index is -0.770. The van der Waals surface area contributed by atoms with E-state index in [1.165, 1.54) is 0 Å². The molecule has 2 rings (SSSR count). The van der Waals surface area contributed by atoms with E-state index in [1.807, 2.05) is 18.2 Å². The van der Waals surface area contributed by atoms with Gasteiger partial charge in [-0.2, -0.15) is 5.26 Å². The Morgan fingerprint density at radius 2 is 2.25 bits per heavy atom. The van der Waals surface area contributed by atoms with Crippen LogP contribution in [0.2, 0.25) is 0 Å². The molecule has 0 saturated carbocycles. The van der Waals surface area contributed by atoms with Gasteiger partial charge in [0.05, 0.1) is 6.07 Å². The molecule has 0 amide bonds. The second-order valence-electron chi connectivity index (χ2n) is 3.95. The van der Waals surface area contributed by atoms with Gasteiger partial charge < -0.3 is 9.47 Å². The second-order valence-corrected chi connectivity index (χ2v) is 3.95. The summed E-state index contributed by atoms with van der Waals surface area (Å²) in [5.41, 5.74) is 2.72. The number of nitriles is 1. The Morgan fingerprint density at radius 3 is 2.94 bits per heavy atom. The van der Waals surface area contributed by atoms with Gasteiger partial charge in [-0.3, -0.25) is 5.84 Å². The molecule has 3 N–H and O–H groups in total. The molecule has 1 aromatic rings. The van der Waals surface area contributed by atoms with Crippen LogP contribution in [0.3, 0.4) is 0 Å². The van der Waals surface area contributed by atoms with E-state index >= 15 is 0 Å². The molecule has 0 fully saturated rings. The first-order valence-corrected chi connectivity index (χ1v) is 4.94. The molecule has 1 aromatic carbocycles. The average Bonchev–Trinajstić information content (AvgIpc) is 2.76. The number of hydrazine groups is 1. The van der Waals surface area contributed by atoms with Gasteiger partial charge >= 0.3 is 0 Å². The lowest BCUT2D eigenvalue weighted by atomic mass is 9.95. The molecule has 5 heteroatoms. The fourth-order valence-electron chi connectivity index (χ4n) is 1.58. The lowest BCUT2D eigenvalue weighted by Crippen LogP contribution is -2.47. The summed E-state index contributed by atoms with van der Waals surface area (Å²) in [4.78, 5) is 0. The van der Waals surface area contributed by atoms with Gasteiger partial charge in [-0.05, 0) is 24.6 Å². The molecule has 1 aliphatic heterocycles. The molecule has 0 radical (unpaired) electrons. The van der Waals surface area contributed by atoms with Crippen molar-refractivity contribution in [1.82, 2.24) is 5.43 Å². The normalized spacial score (nSPS) is 16.6. The molecule has 0 aliphatic carbocycles. The largest absolute Gasteiger partial charge is 0.454 e. The maximum Gasteiger partial charge on any atom is 0.231 e. The third kappa shape index (κ3) is 1.94. The van der Waals surface area contributed by atoms with Crippen molar-refractivity contribution in [3.05, 3.63) is 23.8 Å². The summed E-state index contributed by atoms with van der Waals surface area (Å²) in [6, 6.07) is 7.75. The maximum atomic E-state index is 8.99. The van der Waals surface area contributed by atoms with E-state index < -0.39 is 5.54 Å². The van der Waals surface area contributed by atoms with Gasteiger partial charge in [0.25, 0.3) is 0 Å². The van der Waals surface area contributed by atoms with E-state index in [0.717, 1.165) is 17.1 Å². The zero-order valence-electron chi connectivity index (χ0n) is 8.99. The van der Waals surface area contributed by atoms with Gasteiger partial charge in [-0.25, -0.2) is 5.43 Å². The molecule has 0 bridgehead atoms. The van der Waals surface area contributed by atoms with Gasteiger partial charge in [0.1, 0.15) is 5.54 Å². The van der Waals surface area contributed by atoms with Crippen LogP contribution in [0, 0.1) is 11.3 Å². The highest BCUT2D eigenvalue weighted by molar-refractivity contribution is 5.45. The van der Waals surface area contributed by atoms with Crippen LogP contribution in [-0.2, 0) is 6.42 Å². The Bertz CT molecular complexity index is 441. The van der Waals surface area contributed by atoms with E-state index in [1.54, 1.807) is 6.92 Å². The quantitative estimate of drug-likeness (QED) is 0.578. The molecule has 5 nitrogen and oxygen atoms in total. The zero-order chi connectivity index (χ0) is 11.6. The third-order valence-corrected chi connectivity index (χ3v) is 2.56. The molecule has 16 heavy (non-hydrogen) atoms. The number of nitrogens with two attached hydrogens (primary N) is 1. The molecule has 1 heterocycles. The van der Waals surface area contributed by atoms with Gasteiger partial charge in [-0.1, -0.05) is 6.07 Å². The first-order valence-electron chi connectivity index (χ1n) is 4.94. The second kappa shape index (κ2) is 4.00. The van der Waals surface area contributed by atoms with Crippen molar-refractivity contribution < 1.29 is 9.47 Å². The predicted octanol–water partition coefficient (Wildman–Crippen LogP) is 0.703. The SMILES string of the molecule is CC(C#N)(Cc1ccc2c(c1)OCO2)NN. The highest BCUT2D eigenvalue weighted by Gasteiger charge is 2.23. The summed E-state index contributed by atoms with van der Waals surface area (Å²) in [5, 5.41) is 8.99. The molecular weight excluding hydrogens is 206 g/mol. The number of rotatable bonds is 3. The molecule has 1 atom stereocenters. The standard InChI is InChI=1S/C11H13N3O2/c1-11(6-12,14-13)5-8-2-3-9-10(4-8)16-7-15-9/h2-4,14H,5,7,13H2,1H3. The lowest BCUT2D eigenvalue weighted by molar-refractivity contribution is 0.174. The fraction of sp³-hybridized carbons (Fsp3) is 0.364. The Labute approximate surface area is 93.7 Å². The van der Waals surface area contributed by atoms with Crippen LogP contribution in [0.4, 0.5) is 0 Å². The molecule has 0 spiro atoms. The Kier molecular flexibility index (Phi) is 2.69. The predicted molar refractivity (Wildman–Crippen MR) is 57.6 cm³/mol. The van der Waals surface area contributed by atoms with E-state index in [4.69, 9.17) is 20.6 Å². The number of benzene rings is 1. The van der Waals surface area contributed by atoms with Crippen molar-refractivity contribution in [2.24, 2.45) is 5.84 Å². The highest BCUT2D eigenvalue weighted by atomic mass is 16.7. The van der Waals surface area contributed by atoms with E-state index in [9.17, 15) is 0 Å². The molecular formula is C11H13N3O2. The topological polar surface area (TPSA) is 80.3 Å². The van der Waals surface area contributed by atoms with Gasteiger partial charge in [-0.15, -0.1) is 0 Å². The van der Waals surface area contributed by atoms with Crippen LogP contribution in [-0.4, -0.2) is 12.3 Å². The number of nitrogens with zero attached hydrogens (tertiary/aromatic N) is 1. The first kappa shape index (κ1) is 10.7. The summed E-state index contributed by atoms with van der Waals surface area (Å²) in [6.07, 6.45) is 0.511. The summed E-state index contributed by atoms with van der Waals surface area (Å²) in [7, 11) is 0. The van der Waals surface area contributed by atoms with Crippen LogP contribution in [0.15, 0.2) is 18.2 Å². The number of fused-ring (bicyclic) bond motifs is 1. The first-order chi connectivity index (χ1) is 7.67. The molecule has 1 aliphatic rings. The van der Waals surface area contributed by atoms with E-state index in [2.05, 4.69) is 11.5 Å². The lowest BCUT2D eigenvalue weighted by Gasteiger charge is -2.20. The van der Waals surface area contributed by atoms with Gasteiger partial charge in [0.2, 0.25) is 6.79 Å². The van der Waals surface area contributed by atoms with Crippen LogP contribution in [0.25, 0.3) is 0 Å². The smallest absolute Gasteiger partial charge is 0.231 e. The summed E-state index contributed by atoms with van der Waals surface area (Å²) >= 11 is 0. The monoisotopic (exact) mass is 219 g/mol. The number of nitrogens with one attached hydrogen (secondary N) is 1. The fourth-order valence-corrected chi connectivity index (χ4v) is 1.58. The van der Waals surface area contributed by atoms with Crippen LogP contribution in [0.5, 0.6) is 11.5 Å². The highest BCUT2D eigenvalue weighted by Crippen LogP contribution is 2.33. The average molecular weight is 219 g/mol. The van der Waals surface area contributed by atoms with Crippen molar-refractivity contribution in [1.29, 1.82) is 5.26 Å². The van der Waals surface area contributed by atoms with Crippen LogP contribution < -0.4 is 20.7 Å². The Morgan fingerprint density at radius 1 is 1.50 bits per heavy atom. The molecule has 84 valence electrons. The number of hydrogen-bond donors (Lipinski definition) is 2. The van der Waals surface area contributed by atoms with Crippen molar-refractivity contribution >= 4 is 0 Å². The van der Waals surface area contributed by atoms with Gasteiger partial charge in [0.15, 0.2) is 11.5 Å². The summed E-state index contributed by atoms with van der Waals surface area (Å²) in [6.45, 7) is 2.00.